The molecule has 3 aromatic rings. The number of para-hydroxylation sites is 1. The Balaban J connectivity index is 1.23. The normalized spacial score (nSPS) is 28.0. The van der Waals surface area contributed by atoms with Gasteiger partial charge in [-0.05, 0) is 30.5 Å². The van der Waals surface area contributed by atoms with Gasteiger partial charge in [0, 0.05) is 18.3 Å². The first-order chi connectivity index (χ1) is 18.0. The van der Waals surface area contributed by atoms with E-state index in [-0.39, 0.29) is 42.8 Å². The number of carbonyl (C=O) groups excluding carboxylic acids is 3. The van der Waals surface area contributed by atoms with Crippen molar-refractivity contribution in [2.24, 2.45) is 11.8 Å². The van der Waals surface area contributed by atoms with Gasteiger partial charge < -0.3 is 20.6 Å². The monoisotopic (exact) mass is 520 g/mol. The van der Waals surface area contributed by atoms with Crippen LogP contribution in [0.2, 0.25) is 0 Å². The van der Waals surface area contributed by atoms with Gasteiger partial charge in [-0.25, -0.2) is 4.68 Å². The van der Waals surface area contributed by atoms with Crippen LogP contribution in [0.25, 0.3) is 11.0 Å². The van der Waals surface area contributed by atoms with Crippen molar-refractivity contribution >= 4 is 40.5 Å². The fourth-order valence-corrected chi connectivity index (χ4v) is 8.51. The lowest BCUT2D eigenvalue weighted by molar-refractivity contribution is -0.140. The zero-order chi connectivity index (χ0) is 25.6. The number of benzene rings is 2. The maximum atomic E-state index is 13.7. The van der Waals surface area contributed by atoms with Crippen molar-refractivity contribution in [1.82, 2.24) is 30.5 Å². The lowest BCUT2D eigenvalue weighted by Gasteiger charge is -2.34. The summed E-state index contributed by atoms with van der Waals surface area (Å²) >= 11 is 1.60. The van der Waals surface area contributed by atoms with Gasteiger partial charge in [-0.3, -0.25) is 14.4 Å². The number of β-amino-alcohol motifs (C(OH)–C–C–N with tert-alkyl or cyclic N) is 1. The largest absolute Gasteiger partial charge is 0.395 e. The molecule has 37 heavy (non-hydrogen) atoms. The van der Waals surface area contributed by atoms with E-state index in [0.29, 0.717) is 13.0 Å². The van der Waals surface area contributed by atoms with Gasteiger partial charge in [-0.15, -0.1) is 16.9 Å². The van der Waals surface area contributed by atoms with Crippen LogP contribution in [0.4, 0.5) is 0 Å². The van der Waals surface area contributed by atoms with Gasteiger partial charge in [0.15, 0.2) is 0 Å². The van der Waals surface area contributed by atoms with Gasteiger partial charge in [0.05, 0.1) is 28.7 Å². The average Bonchev–Trinajstić information content (AvgIpc) is 3.66. The van der Waals surface area contributed by atoms with E-state index in [1.165, 1.54) is 4.90 Å². The van der Waals surface area contributed by atoms with Crippen LogP contribution in [0.15, 0.2) is 54.6 Å². The van der Waals surface area contributed by atoms with Gasteiger partial charge in [0.1, 0.15) is 18.2 Å². The zero-order valence-corrected chi connectivity index (χ0v) is 20.9. The smallest absolute Gasteiger partial charge is 0.245 e. The molecular formula is C26H28N6O4S. The first-order valence-electron chi connectivity index (χ1n) is 12.5. The van der Waals surface area contributed by atoms with Crippen molar-refractivity contribution in [1.29, 1.82) is 0 Å². The Kier molecular flexibility index (Phi) is 6.12. The second kappa shape index (κ2) is 9.46. The molecule has 0 radical (unpaired) electrons. The molecule has 10 nitrogen and oxygen atoms in total. The third-order valence-electron chi connectivity index (χ3n) is 7.82. The lowest BCUT2D eigenvalue weighted by atomic mass is 9.70. The third-order valence-corrected chi connectivity index (χ3v) is 9.78. The summed E-state index contributed by atoms with van der Waals surface area (Å²) in [6, 6.07) is 16.4. The molecule has 3 saturated heterocycles. The highest BCUT2D eigenvalue weighted by Gasteiger charge is 2.73. The Morgan fingerprint density at radius 2 is 1.86 bits per heavy atom. The number of nitrogens with zero attached hydrogens (tertiary/aromatic N) is 4. The summed E-state index contributed by atoms with van der Waals surface area (Å²) in [7, 11) is 0. The highest BCUT2D eigenvalue weighted by molar-refractivity contribution is 8.02. The third kappa shape index (κ3) is 3.88. The minimum absolute atomic E-state index is 0.0180. The molecule has 2 unspecified atom stereocenters. The summed E-state index contributed by atoms with van der Waals surface area (Å²) in [5, 5.41) is 23.9. The molecule has 192 valence electrons. The molecule has 2 aromatic carbocycles. The number of nitrogens with one attached hydrogen (secondary N) is 2. The molecule has 3 fully saturated rings. The van der Waals surface area contributed by atoms with E-state index in [0.717, 1.165) is 23.0 Å². The van der Waals surface area contributed by atoms with Crippen molar-refractivity contribution in [2.75, 3.05) is 13.2 Å². The van der Waals surface area contributed by atoms with Gasteiger partial charge >= 0.3 is 0 Å². The molecule has 0 aliphatic carbocycles. The Bertz CT molecular complexity index is 1350. The van der Waals surface area contributed by atoms with E-state index < -0.39 is 22.6 Å². The van der Waals surface area contributed by atoms with Crippen molar-refractivity contribution in [2.45, 2.75) is 42.1 Å². The van der Waals surface area contributed by atoms with Crippen molar-refractivity contribution in [3.05, 3.63) is 60.2 Å². The van der Waals surface area contributed by atoms with Crippen molar-refractivity contribution in [3.63, 3.8) is 0 Å². The standard InChI is InChI=1S/C26H28N6O4S/c33-13-12-31-22(24(35)28-15-32-18-9-5-4-8-17(18)29-30-32)26-11-10-19(37-26)20(21(26)25(31)36)23(34)27-14-16-6-2-1-3-7-16/h1-9,19-22,33H,10-15H2,(H,27,34)(H,28,35)/t19-,20+,21+,22?,26?/m1/s1. The predicted molar refractivity (Wildman–Crippen MR) is 137 cm³/mol. The lowest BCUT2D eigenvalue weighted by Crippen LogP contribution is -2.54. The number of fused-ring (bicyclic) bond motifs is 2. The summed E-state index contributed by atoms with van der Waals surface area (Å²) in [4.78, 5) is 42.2. The van der Waals surface area contributed by atoms with Crippen LogP contribution in [0.3, 0.4) is 0 Å². The Hall–Kier alpha value is -3.44. The second-order valence-electron chi connectivity index (χ2n) is 9.79. The van der Waals surface area contributed by atoms with Crippen LogP contribution in [-0.4, -0.2) is 71.9 Å². The summed E-state index contributed by atoms with van der Waals surface area (Å²) in [5.41, 5.74) is 2.50. The van der Waals surface area contributed by atoms with Crippen LogP contribution in [0.1, 0.15) is 18.4 Å². The Labute approximate surface area is 217 Å². The van der Waals surface area contributed by atoms with E-state index in [1.54, 1.807) is 16.4 Å². The number of aliphatic hydroxyl groups excluding tert-OH is 1. The average molecular weight is 521 g/mol. The van der Waals surface area contributed by atoms with Crippen LogP contribution in [0, 0.1) is 11.8 Å². The molecule has 0 saturated carbocycles. The van der Waals surface area contributed by atoms with Crippen LogP contribution >= 0.6 is 11.8 Å². The quantitative estimate of drug-likeness (QED) is 0.403. The molecule has 5 atom stereocenters. The summed E-state index contributed by atoms with van der Waals surface area (Å²) in [6.07, 6.45) is 1.44. The molecule has 1 aromatic heterocycles. The molecule has 3 aliphatic heterocycles. The van der Waals surface area contributed by atoms with E-state index in [1.807, 2.05) is 54.6 Å². The summed E-state index contributed by atoms with van der Waals surface area (Å²) < 4.78 is 0.912. The molecule has 4 heterocycles. The van der Waals surface area contributed by atoms with Crippen LogP contribution in [-0.2, 0) is 27.6 Å². The SMILES string of the molecule is O=C(NCn1nnc2ccccc21)C1N(CCO)C(=O)[C@@H]2[C@@H](C(=O)NCc3ccccc3)[C@H]3CCC12S3. The Morgan fingerprint density at radius 1 is 1.08 bits per heavy atom. The number of hydrogen-bond acceptors (Lipinski definition) is 7. The van der Waals surface area contributed by atoms with Gasteiger partial charge in [-0.1, -0.05) is 47.7 Å². The predicted octanol–water partition coefficient (Wildman–Crippen LogP) is 0.905. The van der Waals surface area contributed by atoms with Gasteiger partial charge in [-0.2, -0.15) is 0 Å². The number of carbonyl (C=O) groups is 3. The highest BCUT2D eigenvalue weighted by Crippen LogP contribution is 2.66. The first-order valence-corrected chi connectivity index (χ1v) is 13.4. The number of rotatable bonds is 8. The van der Waals surface area contributed by atoms with Crippen LogP contribution < -0.4 is 10.6 Å². The maximum absolute atomic E-state index is 13.7. The van der Waals surface area contributed by atoms with E-state index in [4.69, 9.17) is 0 Å². The van der Waals surface area contributed by atoms with Crippen LogP contribution in [0.5, 0.6) is 0 Å². The minimum atomic E-state index is -0.770. The number of hydrogen-bond donors (Lipinski definition) is 3. The molecular weight excluding hydrogens is 492 g/mol. The first kappa shape index (κ1) is 23.9. The molecule has 3 aliphatic rings. The van der Waals surface area contributed by atoms with E-state index in [9.17, 15) is 19.5 Å². The zero-order valence-electron chi connectivity index (χ0n) is 20.1. The van der Waals surface area contributed by atoms with E-state index in [2.05, 4.69) is 20.9 Å². The fraction of sp³-hybridized carbons (Fsp3) is 0.423. The van der Waals surface area contributed by atoms with Crippen molar-refractivity contribution < 1.29 is 19.5 Å². The van der Waals surface area contributed by atoms with Gasteiger partial charge in [0.2, 0.25) is 17.7 Å². The molecule has 3 N–H and O–H groups in total. The molecule has 2 bridgehead atoms. The number of thioether (sulfide) groups is 1. The van der Waals surface area contributed by atoms with Gasteiger partial charge in [0.25, 0.3) is 0 Å². The number of aromatic nitrogens is 3. The van der Waals surface area contributed by atoms with Crippen molar-refractivity contribution in [3.8, 4) is 0 Å². The molecule has 1 spiro atoms. The maximum Gasteiger partial charge on any atom is 0.245 e. The topological polar surface area (TPSA) is 129 Å². The summed E-state index contributed by atoms with van der Waals surface area (Å²) in [5.74, 6) is -1.78. The minimum Gasteiger partial charge on any atom is -0.395 e. The number of aliphatic hydroxyl groups is 1. The molecule has 3 amide bonds. The highest BCUT2D eigenvalue weighted by atomic mass is 32.2. The number of likely N-dealkylation sites (tertiary alicyclic amines) is 1. The fourth-order valence-electron chi connectivity index (χ4n) is 6.29. The second-order valence-corrected chi connectivity index (χ2v) is 11.4. The Morgan fingerprint density at radius 3 is 2.68 bits per heavy atom. The molecule has 6 rings (SSSR count). The summed E-state index contributed by atoms with van der Waals surface area (Å²) in [6.45, 7) is 0.278. The number of amides is 3. The van der Waals surface area contributed by atoms with E-state index >= 15 is 0 Å². The molecule has 11 heteroatoms.